The molecule has 142 valence electrons. The van der Waals surface area contributed by atoms with Gasteiger partial charge in [0.15, 0.2) is 11.5 Å². The van der Waals surface area contributed by atoms with Crippen LogP contribution in [0.1, 0.15) is 32.2 Å². The molecule has 2 rings (SSSR count). The Morgan fingerprint density at radius 3 is 2.50 bits per heavy atom. The van der Waals surface area contributed by atoms with E-state index in [-0.39, 0.29) is 34.9 Å². The lowest BCUT2D eigenvalue weighted by Crippen LogP contribution is -2.49. The Bertz CT molecular complexity index is 835. The van der Waals surface area contributed by atoms with Crippen LogP contribution in [0.15, 0.2) is 12.3 Å². The fourth-order valence-electron chi connectivity index (χ4n) is 2.31. The molecule has 0 saturated carbocycles. The van der Waals surface area contributed by atoms with E-state index in [1.807, 2.05) is 0 Å². The van der Waals surface area contributed by atoms with E-state index in [4.69, 9.17) is 11.6 Å². The van der Waals surface area contributed by atoms with Gasteiger partial charge in [-0.1, -0.05) is 25.4 Å². The van der Waals surface area contributed by atoms with Crippen molar-refractivity contribution in [3.63, 3.8) is 0 Å². The summed E-state index contributed by atoms with van der Waals surface area (Å²) < 4.78 is 39.9. The predicted octanol–water partition coefficient (Wildman–Crippen LogP) is 2.18. The molecule has 0 aliphatic rings. The molecule has 7 nitrogen and oxygen atoms in total. The summed E-state index contributed by atoms with van der Waals surface area (Å²) in [5.74, 6) is -0.953. The minimum absolute atomic E-state index is 0.0474. The number of rotatable bonds is 5. The second kappa shape index (κ2) is 7.48. The smallest absolute Gasteiger partial charge is 0.347 e. The molecular weight excluding hydrogens is 375 g/mol. The van der Waals surface area contributed by atoms with E-state index in [0.29, 0.717) is 0 Å². The highest BCUT2D eigenvalue weighted by Crippen LogP contribution is 2.32. The summed E-state index contributed by atoms with van der Waals surface area (Å²) in [5, 5.41) is 12.4. The van der Waals surface area contributed by atoms with E-state index >= 15 is 0 Å². The van der Waals surface area contributed by atoms with Crippen LogP contribution in [0.4, 0.5) is 13.2 Å². The van der Waals surface area contributed by atoms with Crippen LogP contribution >= 0.6 is 11.6 Å². The molecule has 11 heteroatoms. The second-order valence-corrected chi connectivity index (χ2v) is 6.43. The Kier molecular flexibility index (Phi) is 5.74. The van der Waals surface area contributed by atoms with Crippen molar-refractivity contribution in [1.29, 1.82) is 0 Å². The Morgan fingerprint density at radius 2 is 1.96 bits per heavy atom. The molecule has 0 saturated heterocycles. The molecule has 0 fully saturated rings. The molecule has 0 spiro atoms. The molecule has 0 bridgehead atoms. The molecule has 2 N–H and O–H groups in total. The molecule has 26 heavy (non-hydrogen) atoms. The summed E-state index contributed by atoms with van der Waals surface area (Å²) >= 11 is 5.84. The van der Waals surface area contributed by atoms with E-state index < -0.39 is 23.7 Å². The minimum Gasteiger partial charge on any atom is -0.347 e. The van der Waals surface area contributed by atoms with Gasteiger partial charge in [0.2, 0.25) is 11.8 Å². The number of aromatic nitrogens is 3. The Labute approximate surface area is 151 Å². The number of amides is 2. The first kappa shape index (κ1) is 20.0. The molecule has 2 aromatic heterocycles. The summed E-state index contributed by atoms with van der Waals surface area (Å²) in [6, 6.07) is -0.0134. The number of carbonyl (C=O) groups is 2. The number of halogens is 4. The zero-order valence-electron chi connectivity index (χ0n) is 14.2. The van der Waals surface area contributed by atoms with Crippen LogP contribution in [0.2, 0.25) is 5.02 Å². The number of hydrogen-bond acceptors (Lipinski definition) is 4. The van der Waals surface area contributed by atoms with Crippen molar-refractivity contribution in [3.05, 3.63) is 28.7 Å². The summed E-state index contributed by atoms with van der Waals surface area (Å²) in [4.78, 5) is 23.5. The lowest BCUT2D eigenvalue weighted by Gasteiger charge is -2.20. The van der Waals surface area contributed by atoms with Crippen molar-refractivity contribution in [2.24, 2.45) is 5.92 Å². The lowest BCUT2D eigenvalue weighted by molar-refractivity contribution is -0.137. The quantitative estimate of drug-likeness (QED) is 0.817. The van der Waals surface area contributed by atoms with Gasteiger partial charge in [-0.3, -0.25) is 14.0 Å². The van der Waals surface area contributed by atoms with Crippen molar-refractivity contribution in [2.45, 2.75) is 39.5 Å². The molecular formula is C15H17ClF3N5O2. The van der Waals surface area contributed by atoms with Crippen molar-refractivity contribution < 1.29 is 22.8 Å². The first-order valence-corrected chi connectivity index (χ1v) is 8.03. The molecule has 0 aromatic carbocycles. The highest BCUT2D eigenvalue weighted by molar-refractivity contribution is 6.33. The topological polar surface area (TPSA) is 88.4 Å². The molecule has 0 aliphatic heterocycles. The van der Waals surface area contributed by atoms with Gasteiger partial charge in [-0.05, 0) is 12.0 Å². The van der Waals surface area contributed by atoms with Crippen molar-refractivity contribution in [3.8, 4) is 0 Å². The number of nitrogens with one attached hydrogen (secondary N) is 2. The fraction of sp³-hybridized carbons (Fsp3) is 0.467. The number of pyridine rings is 1. The molecule has 1 atom stereocenters. The van der Waals surface area contributed by atoms with Crippen molar-refractivity contribution in [2.75, 3.05) is 0 Å². The lowest BCUT2D eigenvalue weighted by atomic mass is 10.0. The van der Waals surface area contributed by atoms with Gasteiger partial charge in [0.05, 0.1) is 17.1 Å². The van der Waals surface area contributed by atoms with Crippen LogP contribution in [-0.2, 0) is 22.3 Å². The van der Waals surface area contributed by atoms with Gasteiger partial charge in [0, 0.05) is 13.1 Å². The highest BCUT2D eigenvalue weighted by Gasteiger charge is 2.32. The summed E-state index contributed by atoms with van der Waals surface area (Å²) in [6.07, 6.45) is -3.77. The van der Waals surface area contributed by atoms with Crippen LogP contribution in [0, 0.1) is 5.92 Å². The van der Waals surface area contributed by atoms with Gasteiger partial charge < -0.3 is 10.6 Å². The van der Waals surface area contributed by atoms with E-state index in [1.165, 1.54) is 6.92 Å². The number of nitrogens with zero attached hydrogens (tertiary/aromatic N) is 3. The monoisotopic (exact) mass is 391 g/mol. The SMILES string of the molecule is CC(=O)NC(C(=O)NCc1nnc2c(Cl)cc(C(F)(F)F)cn12)C(C)C. The number of hydrogen-bond donors (Lipinski definition) is 2. The van der Waals surface area contributed by atoms with E-state index in [9.17, 15) is 22.8 Å². The van der Waals surface area contributed by atoms with Crippen molar-refractivity contribution in [1.82, 2.24) is 25.2 Å². The van der Waals surface area contributed by atoms with Crippen LogP contribution < -0.4 is 10.6 Å². The third-order valence-corrected chi connectivity index (χ3v) is 3.86. The number of alkyl halides is 3. The molecule has 0 radical (unpaired) electrons. The zero-order valence-corrected chi connectivity index (χ0v) is 14.9. The summed E-state index contributed by atoms with van der Waals surface area (Å²) in [5.41, 5.74) is -0.910. The van der Waals surface area contributed by atoms with E-state index in [1.54, 1.807) is 13.8 Å². The van der Waals surface area contributed by atoms with Crippen LogP contribution in [0.3, 0.4) is 0 Å². The van der Waals surface area contributed by atoms with Gasteiger partial charge >= 0.3 is 6.18 Å². The van der Waals surface area contributed by atoms with Crippen LogP contribution in [-0.4, -0.2) is 32.5 Å². The van der Waals surface area contributed by atoms with Gasteiger partial charge in [0.25, 0.3) is 0 Å². The first-order chi connectivity index (χ1) is 12.0. The Morgan fingerprint density at radius 1 is 1.31 bits per heavy atom. The van der Waals surface area contributed by atoms with Gasteiger partial charge in [-0.25, -0.2) is 0 Å². The molecule has 1 unspecified atom stereocenters. The van der Waals surface area contributed by atoms with Crippen LogP contribution in [0.25, 0.3) is 5.65 Å². The summed E-state index contributed by atoms with van der Waals surface area (Å²) in [7, 11) is 0. The van der Waals surface area contributed by atoms with Crippen LogP contribution in [0.5, 0.6) is 0 Å². The first-order valence-electron chi connectivity index (χ1n) is 7.66. The van der Waals surface area contributed by atoms with Gasteiger partial charge in [0.1, 0.15) is 6.04 Å². The van der Waals surface area contributed by atoms with E-state index in [0.717, 1.165) is 16.7 Å². The third kappa shape index (κ3) is 4.43. The Balaban J connectivity index is 2.24. The maximum atomic E-state index is 12.9. The predicted molar refractivity (Wildman–Crippen MR) is 87.3 cm³/mol. The van der Waals surface area contributed by atoms with Crippen molar-refractivity contribution >= 4 is 29.1 Å². The standard InChI is InChI=1S/C15H17ClF3N5O2/c1-7(2)12(21-8(3)25)14(26)20-5-11-22-23-13-10(16)4-9(6-24(11)13)15(17,18)19/h4,6-7,12H,5H2,1-3H3,(H,20,26)(H,21,25). The maximum Gasteiger partial charge on any atom is 0.417 e. The molecule has 2 heterocycles. The fourth-order valence-corrected chi connectivity index (χ4v) is 2.55. The average Bonchev–Trinajstić information content (AvgIpc) is 2.92. The maximum absolute atomic E-state index is 12.9. The highest BCUT2D eigenvalue weighted by atomic mass is 35.5. The minimum atomic E-state index is -4.59. The van der Waals surface area contributed by atoms with Gasteiger partial charge in [-0.2, -0.15) is 13.2 Å². The molecule has 0 aliphatic carbocycles. The van der Waals surface area contributed by atoms with Gasteiger partial charge in [-0.15, -0.1) is 10.2 Å². The normalized spacial score (nSPS) is 13.1. The summed E-state index contributed by atoms with van der Waals surface area (Å²) in [6.45, 7) is 4.61. The number of carbonyl (C=O) groups excluding carboxylic acids is 2. The zero-order chi connectivity index (χ0) is 19.6. The third-order valence-electron chi connectivity index (χ3n) is 3.59. The largest absolute Gasteiger partial charge is 0.417 e. The number of fused-ring (bicyclic) bond motifs is 1. The average molecular weight is 392 g/mol. The Hall–Kier alpha value is -2.36. The second-order valence-electron chi connectivity index (χ2n) is 6.02. The van der Waals surface area contributed by atoms with E-state index in [2.05, 4.69) is 20.8 Å². The molecule has 2 amide bonds. The molecule has 2 aromatic rings.